The Morgan fingerprint density at radius 1 is 0.793 bits per heavy atom. The van der Waals surface area contributed by atoms with Gasteiger partial charge in [0.25, 0.3) is 0 Å². The Bertz CT molecular complexity index is 410. The fourth-order valence-electron chi connectivity index (χ4n) is 3.47. The van der Waals surface area contributed by atoms with Gasteiger partial charge in [-0.1, -0.05) is 84.0 Å². The third-order valence-corrected chi connectivity index (χ3v) is 4.93. The van der Waals surface area contributed by atoms with Crippen LogP contribution in [0.3, 0.4) is 0 Å². The lowest BCUT2D eigenvalue weighted by Crippen LogP contribution is -2.45. The largest absolute Gasteiger partial charge is 0.550 e. The summed E-state index contributed by atoms with van der Waals surface area (Å²) in [6.07, 6.45) is 16.0. The smallest absolute Gasteiger partial charge is 0.306 e. The average Bonchev–Trinajstić information content (AvgIpc) is 2.56. The molecule has 0 aliphatic heterocycles. The summed E-state index contributed by atoms with van der Waals surface area (Å²) in [5.74, 6) is -1.46. The van der Waals surface area contributed by atoms with Gasteiger partial charge in [-0.3, -0.25) is 4.79 Å². The number of ether oxygens (including phenoxy) is 1. The number of hydrogen-bond acceptors (Lipinski definition) is 4. The van der Waals surface area contributed by atoms with Gasteiger partial charge in [0.2, 0.25) is 0 Å². The van der Waals surface area contributed by atoms with Crippen LogP contribution < -0.4 is 5.11 Å². The van der Waals surface area contributed by atoms with E-state index in [1.165, 1.54) is 64.2 Å². The fraction of sp³-hybridized carbons (Fsp3) is 0.913. The van der Waals surface area contributed by atoms with Gasteiger partial charge >= 0.3 is 5.97 Å². The number of carbonyl (C=O) groups excluding carboxylic acids is 2. The van der Waals surface area contributed by atoms with Crippen LogP contribution in [0.2, 0.25) is 0 Å². The van der Waals surface area contributed by atoms with Crippen molar-refractivity contribution < 1.29 is 23.9 Å². The molecule has 174 valence electrons. The predicted octanol–water partition coefficient (Wildman–Crippen LogP) is 4.65. The molecule has 0 N–H and O–H groups in total. The van der Waals surface area contributed by atoms with Gasteiger partial charge in [-0.2, -0.15) is 0 Å². The number of esters is 1. The standard InChI is InChI=1S/C23H45NO4.ClH/c1-5-6-7-8-9-10-11-12-13-14-15-16-17-18-23(27)28-21(19-22(25)26)20-24(2,3)4;/h21H,5-20H2,1-4H3;1H/t21-;/m1./s1. The molecule has 0 unspecified atom stereocenters. The summed E-state index contributed by atoms with van der Waals surface area (Å²) in [4.78, 5) is 22.8. The molecule has 0 fully saturated rings. The zero-order valence-electron chi connectivity index (χ0n) is 19.4. The van der Waals surface area contributed by atoms with Crippen molar-refractivity contribution in [1.29, 1.82) is 0 Å². The Morgan fingerprint density at radius 2 is 1.21 bits per heavy atom. The molecular weight excluding hydrogens is 390 g/mol. The van der Waals surface area contributed by atoms with Gasteiger partial charge in [0.1, 0.15) is 6.54 Å². The van der Waals surface area contributed by atoms with E-state index in [2.05, 4.69) is 6.92 Å². The van der Waals surface area contributed by atoms with Gasteiger partial charge in [-0.15, -0.1) is 12.4 Å². The summed E-state index contributed by atoms with van der Waals surface area (Å²) in [5, 5.41) is 10.9. The van der Waals surface area contributed by atoms with Crippen LogP contribution in [0.15, 0.2) is 0 Å². The van der Waals surface area contributed by atoms with E-state index in [-0.39, 0.29) is 24.8 Å². The van der Waals surface area contributed by atoms with E-state index in [1.807, 2.05) is 21.1 Å². The molecule has 0 radical (unpaired) electrons. The molecule has 6 heteroatoms. The zero-order chi connectivity index (χ0) is 21.3. The SMILES string of the molecule is CCCCCCCCCCCCCCCC(=O)O[C@H](CC(=O)[O-])C[N+](C)(C)C.Cl. The summed E-state index contributed by atoms with van der Waals surface area (Å²) >= 11 is 0. The number of nitrogens with zero attached hydrogens (tertiary/aromatic N) is 1. The van der Waals surface area contributed by atoms with Gasteiger partial charge in [0.05, 0.1) is 21.1 Å². The molecule has 0 aliphatic rings. The number of rotatable bonds is 19. The lowest BCUT2D eigenvalue weighted by Gasteiger charge is -2.29. The van der Waals surface area contributed by atoms with Crippen molar-refractivity contribution in [2.45, 2.75) is 109 Å². The number of quaternary nitrogens is 1. The highest BCUT2D eigenvalue weighted by molar-refractivity contribution is 5.85. The highest BCUT2D eigenvalue weighted by Gasteiger charge is 2.22. The minimum Gasteiger partial charge on any atom is -0.550 e. The van der Waals surface area contributed by atoms with Gasteiger partial charge < -0.3 is 19.1 Å². The van der Waals surface area contributed by atoms with Gasteiger partial charge in [-0.25, -0.2) is 0 Å². The summed E-state index contributed by atoms with van der Waals surface area (Å²) in [5.41, 5.74) is 0. The molecule has 0 saturated carbocycles. The number of carbonyl (C=O) groups is 2. The van der Waals surface area contributed by atoms with Crippen LogP contribution in [-0.4, -0.2) is 50.2 Å². The monoisotopic (exact) mass is 435 g/mol. The first-order valence-corrected chi connectivity index (χ1v) is 11.4. The van der Waals surface area contributed by atoms with Gasteiger partial charge in [0, 0.05) is 18.8 Å². The lowest BCUT2D eigenvalue weighted by molar-refractivity contribution is -0.873. The maximum Gasteiger partial charge on any atom is 0.306 e. The molecule has 29 heavy (non-hydrogen) atoms. The molecule has 0 amide bonds. The maximum absolute atomic E-state index is 12.0. The third kappa shape index (κ3) is 23.3. The van der Waals surface area contributed by atoms with Crippen LogP contribution in [-0.2, 0) is 14.3 Å². The van der Waals surface area contributed by atoms with Crippen LogP contribution in [0.25, 0.3) is 0 Å². The number of aliphatic carboxylic acids is 1. The number of halogens is 1. The summed E-state index contributed by atoms with van der Waals surface area (Å²) in [7, 11) is 5.84. The topological polar surface area (TPSA) is 66.4 Å². The summed E-state index contributed by atoms with van der Waals surface area (Å²) in [6, 6.07) is 0. The molecule has 0 bridgehead atoms. The molecule has 0 saturated heterocycles. The molecule has 0 aromatic heterocycles. The molecule has 0 aliphatic carbocycles. The third-order valence-electron chi connectivity index (χ3n) is 4.93. The Morgan fingerprint density at radius 3 is 1.59 bits per heavy atom. The second kappa shape index (κ2) is 19.2. The molecule has 0 aromatic carbocycles. The Labute approximate surface area is 185 Å². The minimum atomic E-state index is -1.17. The highest BCUT2D eigenvalue weighted by Crippen LogP contribution is 2.13. The van der Waals surface area contributed by atoms with Crippen molar-refractivity contribution in [2.75, 3.05) is 27.7 Å². The number of unbranched alkanes of at least 4 members (excludes halogenated alkanes) is 12. The second-order valence-electron chi connectivity index (χ2n) is 9.15. The van der Waals surface area contributed by atoms with Crippen LogP contribution in [0, 0.1) is 0 Å². The van der Waals surface area contributed by atoms with E-state index in [9.17, 15) is 14.7 Å². The van der Waals surface area contributed by atoms with Crippen molar-refractivity contribution in [3.05, 3.63) is 0 Å². The van der Waals surface area contributed by atoms with Crippen LogP contribution >= 0.6 is 12.4 Å². The number of hydrogen-bond donors (Lipinski definition) is 0. The molecule has 0 aromatic rings. The van der Waals surface area contributed by atoms with E-state index >= 15 is 0 Å². The van der Waals surface area contributed by atoms with Crippen molar-refractivity contribution in [3.8, 4) is 0 Å². The van der Waals surface area contributed by atoms with Crippen LogP contribution in [0.5, 0.6) is 0 Å². The Balaban J connectivity index is 0. The molecule has 0 heterocycles. The fourth-order valence-corrected chi connectivity index (χ4v) is 3.47. The molecule has 0 rings (SSSR count). The van der Waals surface area contributed by atoms with Gasteiger partial charge in [0.15, 0.2) is 6.10 Å². The predicted molar refractivity (Wildman–Crippen MR) is 120 cm³/mol. The highest BCUT2D eigenvalue weighted by atomic mass is 35.5. The first-order valence-electron chi connectivity index (χ1n) is 11.4. The molecular formula is C23H46ClNO4. The molecule has 5 nitrogen and oxygen atoms in total. The normalized spacial score (nSPS) is 12.3. The van der Waals surface area contributed by atoms with Crippen molar-refractivity contribution in [1.82, 2.24) is 0 Å². The Hall–Kier alpha value is -0.810. The first-order chi connectivity index (χ1) is 13.2. The van der Waals surface area contributed by atoms with Gasteiger partial charge in [-0.05, 0) is 6.42 Å². The lowest BCUT2D eigenvalue weighted by atomic mass is 10.0. The molecule has 1 atom stereocenters. The van der Waals surface area contributed by atoms with Crippen LogP contribution in [0.1, 0.15) is 103 Å². The maximum atomic E-state index is 12.0. The summed E-state index contributed by atoms with van der Waals surface area (Å²) in [6.45, 7) is 2.72. The van der Waals surface area contributed by atoms with Crippen LogP contribution in [0.4, 0.5) is 0 Å². The quantitative estimate of drug-likeness (QED) is 0.168. The number of likely N-dealkylation sites (N-methyl/N-ethyl adjacent to an activating group) is 1. The van der Waals surface area contributed by atoms with Crippen molar-refractivity contribution in [2.24, 2.45) is 0 Å². The zero-order valence-corrected chi connectivity index (χ0v) is 20.2. The summed E-state index contributed by atoms with van der Waals surface area (Å²) < 4.78 is 5.91. The average molecular weight is 436 g/mol. The number of carboxylic acid groups (broad SMARTS) is 1. The molecule has 0 spiro atoms. The second-order valence-corrected chi connectivity index (χ2v) is 9.15. The van der Waals surface area contributed by atoms with E-state index < -0.39 is 12.1 Å². The van der Waals surface area contributed by atoms with Crippen molar-refractivity contribution in [3.63, 3.8) is 0 Å². The van der Waals surface area contributed by atoms with E-state index in [0.29, 0.717) is 17.4 Å². The minimum absolute atomic E-state index is 0. The first kappa shape index (κ1) is 30.4. The van der Waals surface area contributed by atoms with E-state index in [0.717, 1.165) is 19.3 Å². The van der Waals surface area contributed by atoms with E-state index in [1.54, 1.807) is 0 Å². The van der Waals surface area contributed by atoms with Crippen molar-refractivity contribution >= 4 is 24.3 Å². The number of carboxylic acids is 1. The Kier molecular flexibility index (Phi) is 20.1. The van der Waals surface area contributed by atoms with E-state index in [4.69, 9.17) is 4.74 Å².